The second-order valence-electron chi connectivity index (χ2n) is 15.4. The van der Waals surface area contributed by atoms with Crippen molar-refractivity contribution in [3.63, 3.8) is 0 Å². The number of anilines is 1. The van der Waals surface area contributed by atoms with Gasteiger partial charge in [0.1, 0.15) is 0 Å². The molecule has 7 rings (SSSR count). The monoisotopic (exact) mass is 667 g/mol. The van der Waals surface area contributed by atoms with E-state index in [0.717, 1.165) is 12.1 Å². The van der Waals surface area contributed by atoms with Gasteiger partial charge in [0.05, 0.1) is 19.7 Å². The standard InChI is InChI=1S/C40H50BrNOSi/c1-40(2,3)43-24-14-6-7-15-25-44(5,38-31-19-11-8-16-28(31)29-17-9-12-20-32(29)38)39-33-21-13-10-18-30(33)37-36(39)34-26-27(41)22-23-35(34)42(37)4/h8-13,16-23,26,28-29,31-32,36-39H,6-7,14-15,24-25H2,1-5H3. The molecule has 0 N–H and O–H groups in total. The lowest BCUT2D eigenvalue weighted by Gasteiger charge is -2.47. The summed E-state index contributed by atoms with van der Waals surface area (Å²) in [6.07, 6.45) is 24.8. The molecule has 44 heavy (non-hydrogen) atoms. The molecule has 0 aromatic heterocycles. The Morgan fingerprint density at radius 2 is 1.39 bits per heavy atom. The molecule has 1 aliphatic heterocycles. The third-order valence-electron chi connectivity index (χ3n) is 11.8. The van der Waals surface area contributed by atoms with Gasteiger partial charge in [-0.15, -0.1) is 0 Å². The van der Waals surface area contributed by atoms with Crippen molar-refractivity contribution in [3.8, 4) is 0 Å². The summed E-state index contributed by atoms with van der Waals surface area (Å²) >= 11 is 3.88. The summed E-state index contributed by atoms with van der Waals surface area (Å²) in [7, 11) is 0.353. The summed E-state index contributed by atoms with van der Waals surface area (Å²) in [5, 5.41) is 0. The molecule has 1 saturated carbocycles. The average Bonchev–Trinajstić information content (AvgIpc) is 3.62. The Labute approximate surface area is 275 Å². The lowest BCUT2D eigenvalue weighted by Crippen LogP contribution is -2.48. The van der Waals surface area contributed by atoms with Crippen LogP contribution in [0.15, 0.2) is 95.5 Å². The first kappa shape index (κ1) is 30.5. The smallest absolute Gasteiger partial charge is 0.0634 e. The number of hydrogen-bond acceptors (Lipinski definition) is 2. The number of allylic oxidation sites excluding steroid dienone is 8. The number of halogens is 1. The predicted octanol–water partition coefficient (Wildman–Crippen LogP) is 10.9. The summed E-state index contributed by atoms with van der Waals surface area (Å²) in [5.41, 5.74) is 7.53. The normalized spacial score (nSPS) is 32.3. The van der Waals surface area contributed by atoms with Crippen molar-refractivity contribution < 1.29 is 4.74 Å². The molecule has 1 heterocycles. The quantitative estimate of drug-likeness (QED) is 0.195. The number of hydrogen-bond donors (Lipinski definition) is 0. The van der Waals surface area contributed by atoms with Crippen molar-refractivity contribution in [2.75, 3.05) is 18.6 Å². The Hall–Kier alpha value is -2.14. The SMILES string of the molecule is CN1c2ccc(Br)cc2C2C1c1ccccc1C2[Si](C)(CCCCCCOC(C)(C)C)C1C2C=CC=CC2C2C=CC=CC21. The van der Waals surface area contributed by atoms with Crippen LogP contribution in [-0.4, -0.2) is 27.3 Å². The minimum atomic E-state index is -1.99. The fraction of sp³-hybridized carbons (Fsp3) is 0.500. The zero-order valence-electron chi connectivity index (χ0n) is 27.3. The average molecular weight is 669 g/mol. The highest BCUT2D eigenvalue weighted by Crippen LogP contribution is 2.69. The molecule has 0 amide bonds. The minimum Gasteiger partial charge on any atom is -0.376 e. The Kier molecular flexibility index (Phi) is 8.25. The van der Waals surface area contributed by atoms with Crippen LogP contribution in [-0.2, 0) is 4.74 Å². The molecule has 5 aliphatic rings. The van der Waals surface area contributed by atoms with Crippen LogP contribution in [0, 0.1) is 23.7 Å². The molecular weight excluding hydrogens is 618 g/mol. The molecule has 0 saturated heterocycles. The first-order valence-corrected chi connectivity index (χ1v) is 20.8. The molecule has 8 unspecified atom stereocenters. The first-order chi connectivity index (χ1) is 21.2. The zero-order chi connectivity index (χ0) is 30.6. The molecule has 2 aromatic carbocycles. The summed E-state index contributed by atoms with van der Waals surface area (Å²) in [5.74, 6) is 3.03. The molecule has 232 valence electrons. The molecular formula is C40H50BrNOSi. The largest absolute Gasteiger partial charge is 0.376 e. The van der Waals surface area contributed by atoms with Crippen molar-refractivity contribution >= 4 is 29.7 Å². The van der Waals surface area contributed by atoms with E-state index < -0.39 is 8.07 Å². The van der Waals surface area contributed by atoms with Crippen LogP contribution in [0.2, 0.25) is 18.1 Å². The van der Waals surface area contributed by atoms with E-state index in [0.29, 0.717) is 41.2 Å². The van der Waals surface area contributed by atoms with Crippen LogP contribution in [0.4, 0.5) is 5.69 Å². The van der Waals surface area contributed by atoms with E-state index in [1.807, 2.05) is 0 Å². The number of unbranched alkanes of at least 4 members (excludes halogenated alkanes) is 3. The molecule has 4 aliphatic carbocycles. The number of benzene rings is 2. The number of fused-ring (bicyclic) bond motifs is 8. The van der Waals surface area contributed by atoms with Crippen molar-refractivity contribution in [1.29, 1.82) is 0 Å². The van der Waals surface area contributed by atoms with Gasteiger partial charge >= 0.3 is 0 Å². The maximum atomic E-state index is 6.07. The Morgan fingerprint density at radius 3 is 2.05 bits per heavy atom. The number of ether oxygens (including phenoxy) is 1. The van der Waals surface area contributed by atoms with E-state index >= 15 is 0 Å². The second-order valence-corrected chi connectivity index (χ2v) is 21.1. The molecule has 0 spiro atoms. The maximum absolute atomic E-state index is 6.07. The van der Waals surface area contributed by atoms with E-state index in [2.05, 4.69) is 146 Å². The highest BCUT2D eigenvalue weighted by molar-refractivity contribution is 9.10. The van der Waals surface area contributed by atoms with Crippen LogP contribution in [0.25, 0.3) is 0 Å². The van der Waals surface area contributed by atoms with Gasteiger partial charge in [-0.2, -0.15) is 0 Å². The number of likely N-dealkylation sites (N-methyl/N-ethyl adjacent to an activating group) is 1. The Balaban J connectivity index is 1.28. The first-order valence-electron chi connectivity index (χ1n) is 17.1. The van der Waals surface area contributed by atoms with Crippen molar-refractivity contribution in [2.45, 2.75) is 87.7 Å². The summed E-state index contributed by atoms with van der Waals surface area (Å²) in [6, 6.07) is 18.5. The maximum Gasteiger partial charge on any atom is 0.0634 e. The van der Waals surface area contributed by atoms with Crippen molar-refractivity contribution in [2.24, 2.45) is 23.7 Å². The van der Waals surface area contributed by atoms with Gasteiger partial charge in [-0.05, 0) is 96.8 Å². The van der Waals surface area contributed by atoms with Gasteiger partial charge in [0.2, 0.25) is 0 Å². The fourth-order valence-electron chi connectivity index (χ4n) is 10.2. The van der Waals surface area contributed by atoms with E-state index in [4.69, 9.17) is 4.74 Å². The predicted molar refractivity (Wildman–Crippen MR) is 192 cm³/mol. The molecule has 2 aromatic rings. The second kappa shape index (κ2) is 11.9. The lowest BCUT2D eigenvalue weighted by molar-refractivity contribution is -0.00471. The van der Waals surface area contributed by atoms with E-state index in [-0.39, 0.29) is 5.60 Å². The lowest BCUT2D eigenvalue weighted by atomic mass is 9.83. The third kappa shape index (κ3) is 5.17. The highest BCUT2D eigenvalue weighted by Gasteiger charge is 2.62. The van der Waals surface area contributed by atoms with Gasteiger partial charge in [-0.1, -0.05) is 121 Å². The summed E-state index contributed by atoms with van der Waals surface area (Å²) < 4.78 is 7.28. The molecule has 0 radical (unpaired) electrons. The van der Waals surface area contributed by atoms with Gasteiger partial charge in [-0.25, -0.2) is 0 Å². The van der Waals surface area contributed by atoms with Gasteiger partial charge in [0.25, 0.3) is 0 Å². The molecule has 0 bridgehead atoms. The third-order valence-corrected chi connectivity index (χ3v) is 18.1. The fourth-order valence-corrected chi connectivity index (χ4v) is 17.3. The van der Waals surface area contributed by atoms with Crippen LogP contribution < -0.4 is 4.90 Å². The van der Waals surface area contributed by atoms with Gasteiger partial charge < -0.3 is 9.64 Å². The number of nitrogens with zero attached hydrogens (tertiary/aromatic N) is 1. The molecule has 1 fully saturated rings. The van der Waals surface area contributed by atoms with Crippen LogP contribution >= 0.6 is 15.9 Å². The van der Waals surface area contributed by atoms with Crippen LogP contribution in [0.1, 0.15) is 80.6 Å². The van der Waals surface area contributed by atoms with Crippen LogP contribution in [0.5, 0.6) is 0 Å². The van der Waals surface area contributed by atoms with Gasteiger partial charge in [0, 0.05) is 29.7 Å². The van der Waals surface area contributed by atoms with Crippen molar-refractivity contribution in [3.05, 3.63) is 112 Å². The molecule has 2 nitrogen and oxygen atoms in total. The van der Waals surface area contributed by atoms with Crippen molar-refractivity contribution in [1.82, 2.24) is 0 Å². The molecule has 4 heteroatoms. The Morgan fingerprint density at radius 1 is 0.773 bits per heavy atom. The summed E-state index contributed by atoms with van der Waals surface area (Å²) in [4.78, 5) is 2.61. The van der Waals surface area contributed by atoms with E-state index in [1.165, 1.54) is 41.9 Å². The van der Waals surface area contributed by atoms with Crippen LogP contribution in [0.3, 0.4) is 0 Å². The van der Waals surface area contributed by atoms with E-state index in [9.17, 15) is 0 Å². The number of rotatable bonds is 9. The van der Waals surface area contributed by atoms with E-state index in [1.54, 1.807) is 16.7 Å². The summed E-state index contributed by atoms with van der Waals surface area (Å²) in [6.45, 7) is 10.2. The van der Waals surface area contributed by atoms with Gasteiger partial charge in [0.15, 0.2) is 0 Å². The topological polar surface area (TPSA) is 12.5 Å². The minimum absolute atomic E-state index is 0.0445. The Bertz CT molecular complexity index is 1470. The van der Waals surface area contributed by atoms with Gasteiger partial charge in [-0.3, -0.25) is 0 Å². The molecule has 8 atom stereocenters. The highest BCUT2D eigenvalue weighted by atomic mass is 79.9. The zero-order valence-corrected chi connectivity index (χ0v) is 29.8.